The second-order valence-corrected chi connectivity index (χ2v) is 5.59. The van der Waals surface area contributed by atoms with E-state index >= 15 is 0 Å². The largest absolute Gasteiger partial charge is 0.370 e. The first-order chi connectivity index (χ1) is 10.3. The number of nitrogens with zero attached hydrogens (tertiary/aromatic N) is 4. The lowest BCUT2D eigenvalue weighted by Crippen LogP contribution is -2.19. The Kier molecular flexibility index (Phi) is 2.75. The van der Waals surface area contributed by atoms with Crippen LogP contribution in [0.5, 0.6) is 0 Å². The van der Waals surface area contributed by atoms with E-state index in [0.717, 1.165) is 34.7 Å². The third-order valence-electron chi connectivity index (χ3n) is 3.90. The van der Waals surface area contributed by atoms with Crippen LogP contribution >= 0.6 is 12.8 Å². The van der Waals surface area contributed by atoms with Gasteiger partial charge in [0.2, 0.25) is 0 Å². The molecule has 2 heterocycles. The SMILES string of the molecule is CN1Cc2ccccc2-c2c(nnn2S)-c2ccccc21. The van der Waals surface area contributed by atoms with E-state index in [0.29, 0.717) is 0 Å². The van der Waals surface area contributed by atoms with Gasteiger partial charge in [0.1, 0.15) is 11.4 Å². The van der Waals surface area contributed by atoms with Gasteiger partial charge in [-0.1, -0.05) is 47.7 Å². The first kappa shape index (κ1) is 12.5. The molecule has 1 aromatic heterocycles. The minimum atomic E-state index is 0.839. The predicted octanol–water partition coefficient (Wildman–Crippen LogP) is 3.25. The molecule has 104 valence electrons. The zero-order valence-electron chi connectivity index (χ0n) is 11.6. The van der Waals surface area contributed by atoms with Crippen LogP contribution in [-0.2, 0) is 6.54 Å². The molecule has 0 unspecified atom stereocenters. The molecule has 0 atom stereocenters. The van der Waals surface area contributed by atoms with Gasteiger partial charge in [0.25, 0.3) is 0 Å². The van der Waals surface area contributed by atoms with Gasteiger partial charge in [-0.05, 0) is 24.4 Å². The van der Waals surface area contributed by atoms with Crippen LogP contribution in [0.25, 0.3) is 22.5 Å². The third-order valence-corrected chi connectivity index (χ3v) is 4.18. The van der Waals surface area contributed by atoms with Gasteiger partial charge in [0.15, 0.2) is 0 Å². The number of anilines is 1. The fourth-order valence-corrected chi connectivity index (χ4v) is 3.17. The summed E-state index contributed by atoms with van der Waals surface area (Å²) in [5.41, 5.74) is 6.45. The van der Waals surface area contributed by atoms with Crippen molar-refractivity contribution < 1.29 is 0 Å². The first-order valence-corrected chi connectivity index (χ1v) is 7.19. The number of benzene rings is 2. The second-order valence-electron chi connectivity index (χ2n) is 5.21. The van der Waals surface area contributed by atoms with Crippen molar-refractivity contribution in [2.75, 3.05) is 11.9 Å². The summed E-state index contributed by atoms with van der Waals surface area (Å²) < 4.78 is 1.57. The van der Waals surface area contributed by atoms with Gasteiger partial charge in [-0.25, -0.2) is 0 Å². The summed E-state index contributed by atoms with van der Waals surface area (Å²) in [7, 11) is 2.10. The van der Waals surface area contributed by atoms with E-state index in [2.05, 4.69) is 65.4 Å². The summed E-state index contributed by atoms with van der Waals surface area (Å²) in [4.78, 5) is 2.24. The van der Waals surface area contributed by atoms with Crippen LogP contribution in [0.15, 0.2) is 48.5 Å². The van der Waals surface area contributed by atoms with Crippen LogP contribution in [0.4, 0.5) is 5.69 Å². The van der Waals surface area contributed by atoms with Gasteiger partial charge in [-0.2, -0.15) is 4.09 Å². The van der Waals surface area contributed by atoms with Crippen molar-refractivity contribution in [3.05, 3.63) is 54.1 Å². The van der Waals surface area contributed by atoms with Crippen molar-refractivity contribution in [1.82, 2.24) is 14.4 Å². The maximum atomic E-state index is 4.44. The van der Waals surface area contributed by atoms with Crippen molar-refractivity contribution in [2.45, 2.75) is 6.54 Å². The third kappa shape index (κ3) is 1.85. The average molecular weight is 294 g/mol. The van der Waals surface area contributed by atoms with Crippen molar-refractivity contribution in [3.8, 4) is 22.5 Å². The summed E-state index contributed by atoms with van der Waals surface area (Å²) in [6, 6.07) is 16.6. The number of hydrogen-bond donors (Lipinski definition) is 1. The fourth-order valence-electron chi connectivity index (χ4n) is 2.93. The number of aromatic nitrogens is 3. The summed E-state index contributed by atoms with van der Waals surface area (Å²) in [5.74, 6) is 0. The van der Waals surface area contributed by atoms with E-state index in [1.807, 2.05) is 18.2 Å². The second kappa shape index (κ2) is 4.63. The highest BCUT2D eigenvalue weighted by Crippen LogP contribution is 2.40. The lowest BCUT2D eigenvalue weighted by Gasteiger charge is -2.26. The van der Waals surface area contributed by atoms with E-state index in [1.54, 1.807) is 4.09 Å². The zero-order valence-corrected chi connectivity index (χ0v) is 12.5. The quantitative estimate of drug-likeness (QED) is 0.646. The number of thiol groups is 1. The molecule has 0 spiro atoms. The molecule has 2 aromatic carbocycles. The monoisotopic (exact) mass is 294 g/mol. The Morgan fingerprint density at radius 3 is 2.57 bits per heavy atom. The molecule has 5 heteroatoms. The predicted molar refractivity (Wildman–Crippen MR) is 87.4 cm³/mol. The molecule has 0 aliphatic carbocycles. The minimum Gasteiger partial charge on any atom is -0.370 e. The van der Waals surface area contributed by atoms with Gasteiger partial charge >= 0.3 is 0 Å². The van der Waals surface area contributed by atoms with Gasteiger partial charge in [-0.3, -0.25) is 0 Å². The summed E-state index contributed by atoms with van der Waals surface area (Å²) >= 11 is 4.44. The highest BCUT2D eigenvalue weighted by atomic mass is 32.1. The van der Waals surface area contributed by atoms with Crippen LogP contribution in [0.3, 0.4) is 0 Å². The molecule has 21 heavy (non-hydrogen) atoms. The molecule has 1 aliphatic heterocycles. The smallest absolute Gasteiger partial charge is 0.124 e. The van der Waals surface area contributed by atoms with Crippen molar-refractivity contribution in [2.24, 2.45) is 0 Å². The van der Waals surface area contributed by atoms with Gasteiger partial charge in [0.05, 0.1) is 0 Å². The van der Waals surface area contributed by atoms with Gasteiger partial charge in [0, 0.05) is 30.4 Å². The molecule has 0 amide bonds. The Balaban J connectivity index is 2.11. The van der Waals surface area contributed by atoms with Gasteiger partial charge in [-0.15, -0.1) is 5.10 Å². The van der Waals surface area contributed by atoms with E-state index in [4.69, 9.17) is 0 Å². The Hall–Kier alpha value is -2.27. The molecule has 0 N–H and O–H groups in total. The maximum absolute atomic E-state index is 4.44. The van der Waals surface area contributed by atoms with E-state index in [-0.39, 0.29) is 0 Å². The fraction of sp³-hybridized carbons (Fsp3) is 0.125. The molecule has 3 aromatic rings. The molecule has 0 radical (unpaired) electrons. The van der Waals surface area contributed by atoms with E-state index in [9.17, 15) is 0 Å². The Labute approximate surface area is 128 Å². The molecular weight excluding hydrogens is 280 g/mol. The molecule has 4 rings (SSSR count). The topological polar surface area (TPSA) is 34.0 Å². The lowest BCUT2D eigenvalue weighted by molar-refractivity contribution is 0.900. The molecule has 1 aliphatic rings. The Morgan fingerprint density at radius 2 is 1.71 bits per heavy atom. The summed E-state index contributed by atoms with van der Waals surface area (Å²) in [6.45, 7) is 0.839. The van der Waals surface area contributed by atoms with Crippen molar-refractivity contribution in [3.63, 3.8) is 0 Å². The first-order valence-electron chi connectivity index (χ1n) is 6.79. The number of fused-ring (bicyclic) bond motifs is 5. The van der Waals surface area contributed by atoms with Crippen LogP contribution < -0.4 is 4.90 Å². The highest BCUT2D eigenvalue weighted by molar-refractivity contribution is 7.78. The van der Waals surface area contributed by atoms with Crippen LogP contribution in [0.2, 0.25) is 0 Å². The minimum absolute atomic E-state index is 0.839. The van der Waals surface area contributed by atoms with Crippen molar-refractivity contribution >= 4 is 18.5 Å². The van der Waals surface area contributed by atoms with Crippen LogP contribution in [0, 0.1) is 0 Å². The van der Waals surface area contributed by atoms with Crippen molar-refractivity contribution in [1.29, 1.82) is 0 Å². The molecule has 0 saturated carbocycles. The van der Waals surface area contributed by atoms with E-state index in [1.165, 1.54) is 5.56 Å². The zero-order chi connectivity index (χ0) is 14.4. The Bertz CT molecular complexity index is 825. The van der Waals surface area contributed by atoms with Crippen LogP contribution in [-0.4, -0.2) is 21.4 Å². The number of rotatable bonds is 0. The van der Waals surface area contributed by atoms with Gasteiger partial charge < -0.3 is 4.90 Å². The lowest BCUT2D eigenvalue weighted by atomic mass is 9.96. The Morgan fingerprint density at radius 1 is 1.00 bits per heavy atom. The van der Waals surface area contributed by atoms with E-state index < -0.39 is 0 Å². The molecule has 0 saturated heterocycles. The number of para-hydroxylation sites is 1. The molecule has 0 fully saturated rings. The summed E-state index contributed by atoms with van der Waals surface area (Å²) in [5, 5.41) is 8.46. The van der Waals surface area contributed by atoms with Crippen LogP contribution in [0.1, 0.15) is 5.56 Å². The average Bonchev–Trinajstić information content (AvgIpc) is 2.88. The molecule has 4 nitrogen and oxygen atoms in total. The molecule has 0 bridgehead atoms. The maximum Gasteiger partial charge on any atom is 0.124 e. The number of hydrogen-bond acceptors (Lipinski definition) is 4. The highest BCUT2D eigenvalue weighted by Gasteiger charge is 2.24. The molecular formula is C16H14N4S. The normalized spacial score (nSPS) is 13.0. The standard InChI is InChI=1S/C16H14N4S/c1-19-10-11-6-2-3-7-12(11)16-15(17-18-20(16)21)13-8-4-5-9-14(13)19/h2-9,21H,10H2,1H3. The summed E-state index contributed by atoms with van der Waals surface area (Å²) in [6.07, 6.45) is 0.